The number of ether oxygens (including phenoxy) is 6. The van der Waals surface area contributed by atoms with E-state index in [9.17, 15) is 30.0 Å². The lowest BCUT2D eigenvalue weighted by Crippen LogP contribution is -2.60. The molecule has 286 valence electrons. The van der Waals surface area contributed by atoms with Gasteiger partial charge in [-0.3, -0.25) is 9.59 Å². The Labute approximate surface area is 292 Å². The maximum Gasteiger partial charge on any atom is 0.311 e. The molecule has 3 aliphatic heterocycles. The maximum absolute atomic E-state index is 14.0. The highest BCUT2D eigenvalue weighted by Crippen LogP contribution is 2.39. The fourth-order valence-electron chi connectivity index (χ4n) is 8.09. The Kier molecular flexibility index (Phi) is 15.1. The molecule has 0 aromatic rings. The van der Waals surface area contributed by atoms with E-state index in [2.05, 4.69) is 0 Å². The summed E-state index contributed by atoms with van der Waals surface area (Å²) in [5.41, 5.74) is -1.71. The van der Waals surface area contributed by atoms with Gasteiger partial charge in [0.25, 0.3) is 0 Å². The van der Waals surface area contributed by atoms with Crippen LogP contribution in [0.3, 0.4) is 0 Å². The van der Waals surface area contributed by atoms with Gasteiger partial charge in [-0.25, -0.2) is 0 Å². The summed E-state index contributed by atoms with van der Waals surface area (Å²) in [4.78, 5) is 29.6. The molecule has 0 aromatic heterocycles. The molecule has 0 amide bonds. The van der Waals surface area contributed by atoms with Crippen LogP contribution in [0, 0.1) is 29.6 Å². The summed E-state index contributed by atoms with van der Waals surface area (Å²) in [7, 11) is 5.22. The van der Waals surface area contributed by atoms with Crippen molar-refractivity contribution in [2.75, 3.05) is 21.2 Å². The molecule has 3 rings (SSSR count). The highest BCUT2D eigenvalue weighted by atomic mass is 16.7. The number of methoxy groups -OCH3 is 1. The first kappa shape index (κ1) is 42.2. The van der Waals surface area contributed by atoms with Gasteiger partial charge in [-0.15, -0.1) is 0 Å². The van der Waals surface area contributed by atoms with E-state index in [0.29, 0.717) is 12.8 Å². The fraction of sp³-hybridized carbons (Fsp3) is 0.944. The second-order valence-electron chi connectivity index (χ2n) is 15.5. The first-order valence-electron chi connectivity index (χ1n) is 18.1. The Morgan fingerprint density at radius 3 is 2.08 bits per heavy atom. The van der Waals surface area contributed by atoms with E-state index in [0.717, 1.165) is 0 Å². The van der Waals surface area contributed by atoms with E-state index in [4.69, 9.17) is 28.4 Å². The molecule has 0 aliphatic carbocycles. The van der Waals surface area contributed by atoms with Gasteiger partial charge in [0.2, 0.25) is 0 Å². The predicted molar refractivity (Wildman–Crippen MR) is 180 cm³/mol. The Bertz CT molecular complexity index is 1070. The average Bonchev–Trinajstić information content (AvgIpc) is 3.04. The average molecular weight is 704 g/mol. The highest BCUT2D eigenvalue weighted by molar-refractivity contribution is 5.83. The number of Topliss-reactive ketones (excluding diaryl/α,β-unsaturated/α-hetero) is 1. The molecule has 3 heterocycles. The quantitative estimate of drug-likeness (QED) is 0.285. The van der Waals surface area contributed by atoms with E-state index in [1.165, 1.54) is 7.11 Å². The molecular weight excluding hydrogens is 638 g/mol. The van der Waals surface area contributed by atoms with Crippen LogP contribution in [-0.2, 0) is 38.0 Å². The van der Waals surface area contributed by atoms with Crippen molar-refractivity contribution in [3.63, 3.8) is 0 Å². The van der Waals surface area contributed by atoms with Crippen LogP contribution < -0.4 is 0 Å². The molecule has 0 aromatic carbocycles. The monoisotopic (exact) mass is 703 g/mol. The van der Waals surface area contributed by atoms with Crippen LogP contribution in [0.2, 0.25) is 0 Å². The van der Waals surface area contributed by atoms with Crippen LogP contribution in [0.4, 0.5) is 0 Å². The molecule has 0 saturated carbocycles. The summed E-state index contributed by atoms with van der Waals surface area (Å²) in [5.74, 6) is -4.55. The van der Waals surface area contributed by atoms with Gasteiger partial charge >= 0.3 is 5.97 Å². The molecule has 13 nitrogen and oxygen atoms in total. The number of hydrogen-bond donors (Lipinski definition) is 4. The van der Waals surface area contributed by atoms with Crippen LogP contribution in [0.25, 0.3) is 0 Å². The highest BCUT2D eigenvalue weighted by Gasteiger charge is 2.51. The minimum Gasteiger partial charge on any atom is -0.462 e. The number of aliphatic hydroxyl groups is 4. The second-order valence-corrected chi connectivity index (χ2v) is 15.5. The molecular formula is C36H65NO12. The third kappa shape index (κ3) is 9.79. The van der Waals surface area contributed by atoms with Gasteiger partial charge in [-0.05, 0) is 61.1 Å². The number of hydrogen-bond acceptors (Lipinski definition) is 13. The summed E-state index contributed by atoms with van der Waals surface area (Å²) in [6.07, 6.45) is -8.29. The van der Waals surface area contributed by atoms with E-state index in [1.54, 1.807) is 48.5 Å². The molecule has 0 spiro atoms. The smallest absolute Gasteiger partial charge is 0.311 e. The van der Waals surface area contributed by atoms with Gasteiger partial charge in [0.15, 0.2) is 12.6 Å². The van der Waals surface area contributed by atoms with Gasteiger partial charge in [0.05, 0.1) is 48.1 Å². The lowest BCUT2D eigenvalue weighted by atomic mass is 9.74. The van der Waals surface area contributed by atoms with Crippen LogP contribution >= 0.6 is 0 Å². The zero-order valence-electron chi connectivity index (χ0n) is 31.6. The number of likely N-dealkylation sites (N-methyl/N-ethyl adjacent to an activating group) is 1. The first-order chi connectivity index (χ1) is 22.7. The standard InChI is InChI=1S/C36H65NO12/c1-13-25-19(4)29(39)20(5)28(38)17(2)16-36(9,43)33(49-35-31(41)24(37(10)11)14-18(3)45-35)21(6)32(22(7)34(42)47-25)48-27-15-26(44-12)30(40)23(8)46-27/h17-27,29-33,35,39-41,43H,13-16H2,1-12H3/t17-,18-,19-,20-,21+,22+,23+,24+,25+,26-,27+,29+,30+,31-,32+,33-,35+,36-/m1/s1. The largest absolute Gasteiger partial charge is 0.462 e. The second kappa shape index (κ2) is 17.5. The van der Waals surface area contributed by atoms with E-state index < -0.39 is 103 Å². The van der Waals surface area contributed by atoms with Crippen molar-refractivity contribution >= 4 is 11.8 Å². The van der Waals surface area contributed by atoms with Crippen molar-refractivity contribution in [2.45, 2.75) is 167 Å². The van der Waals surface area contributed by atoms with Gasteiger partial charge < -0.3 is 53.7 Å². The molecule has 3 saturated heterocycles. The first-order valence-corrected chi connectivity index (χ1v) is 18.1. The molecule has 0 unspecified atom stereocenters. The number of aliphatic hydroxyl groups excluding tert-OH is 3. The van der Waals surface area contributed by atoms with Crippen LogP contribution in [0.1, 0.15) is 88.0 Å². The van der Waals surface area contributed by atoms with E-state index >= 15 is 0 Å². The molecule has 0 bridgehead atoms. The molecule has 3 aliphatic rings. The molecule has 0 radical (unpaired) electrons. The van der Waals surface area contributed by atoms with Gasteiger partial charge in [0, 0.05) is 43.2 Å². The maximum atomic E-state index is 14.0. The van der Waals surface area contributed by atoms with Crippen molar-refractivity contribution in [3.05, 3.63) is 0 Å². The van der Waals surface area contributed by atoms with Crippen molar-refractivity contribution in [3.8, 4) is 0 Å². The molecule has 4 N–H and O–H groups in total. The Hall–Kier alpha value is -1.26. The lowest BCUT2D eigenvalue weighted by Gasteiger charge is -2.48. The van der Waals surface area contributed by atoms with E-state index in [1.807, 2.05) is 32.8 Å². The van der Waals surface area contributed by atoms with Crippen molar-refractivity contribution in [1.82, 2.24) is 4.90 Å². The Morgan fingerprint density at radius 2 is 1.51 bits per heavy atom. The van der Waals surface area contributed by atoms with Crippen molar-refractivity contribution < 1.29 is 58.4 Å². The summed E-state index contributed by atoms with van der Waals surface area (Å²) >= 11 is 0. The summed E-state index contributed by atoms with van der Waals surface area (Å²) in [6.45, 7) is 15.6. The molecule has 18 atom stereocenters. The SMILES string of the molecule is CC[C@@H]1OC(=O)[C@@H](C)[C@@H](O[C@H]2C[C@@H](OC)[C@@H](O)[C@H](C)O2)[C@H](C)[C@@H](O[C@@H]2O[C@H](C)C[C@H](N(C)C)[C@H]2O)[C@](C)(O)C[C@@H](C)C(=O)[C@@H](C)[C@@H](O)[C@@H]1C. The molecule has 13 heteroatoms. The van der Waals surface area contributed by atoms with Crippen LogP contribution in [0.5, 0.6) is 0 Å². The number of cyclic esters (lactones) is 1. The number of rotatable bonds is 7. The Morgan fingerprint density at radius 1 is 0.878 bits per heavy atom. The lowest BCUT2D eigenvalue weighted by molar-refractivity contribution is -0.311. The molecule has 49 heavy (non-hydrogen) atoms. The number of carbonyl (C=O) groups is 2. The Balaban J connectivity index is 2.13. The summed E-state index contributed by atoms with van der Waals surface area (Å²) in [5, 5.41) is 45.7. The number of carbonyl (C=O) groups excluding carboxylic acids is 2. The third-order valence-corrected chi connectivity index (χ3v) is 11.3. The van der Waals surface area contributed by atoms with E-state index in [-0.39, 0.29) is 30.8 Å². The third-order valence-electron chi connectivity index (χ3n) is 11.3. The number of nitrogens with zero attached hydrogens (tertiary/aromatic N) is 1. The predicted octanol–water partition coefficient (Wildman–Crippen LogP) is 2.28. The topological polar surface area (TPSA) is 174 Å². The number of esters is 1. The summed E-state index contributed by atoms with van der Waals surface area (Å²) < 4.78 is 36.9. The van der Waals surface area contributed by atoms with Crippen molar-refractivity contribution in [1.29, 1.82) is 0 Å². The van der Waals surface area contributed by atoms with Gasteiger partial charge in [0.1, 0.15) is 24.1 Å². The molecule has 3 fully saturated rings. The van der Waals surface area contributed by atoms with Crippen LogP contribution in [-0.4, -0.2) is 137 Å². The normalized spacial score (nSPS) is 48.2. The fourth-order valence-corrected chi connectivity index (χ4v) is 8.09. The minimum atomic E-state index is -1.71. The zero-order chi connectivity index (χ0) is 37.1. The summed E-state index contributed by atoms with van der Waals surface area (Å²) in [6, 6.07) is -0.293. The van der Waals surface area contributed by atoms with Crippen LogP contribution in [0.15, 0.2) is 0 Å². The zero-order valence-corrected chi connectivity index (χ0v) is 31.6. The van der Waals surface area contributed by atoms with Gasteiger partial charge in [-0.1, -0.05) is 34.6 Å². The number of ketones is 1. The van der Waals surface area contributed by atoms with Crippen molar-refractivity contribution in [2.24, 2.45) is 29.6 Å². The minimum absolute atomic E-state index is 0.0422. The van der Waals surface area contributed by atoms with Gasteiger partial charge in [-0.2, -0.15) is 0 Å².